The van der Waals surface area contributed by atoms with Crippen LogP contribution in [0.2, 0.25) is 0 Å². The molecule has 0 bridgehead atoms. The van der Waals surface area contributed by atoms with Crippen molar-refractivity contribution in [2.75, 3.05) is 4.72 Å². The molecule has 0 unspecified atom stereocenters. The maximum atomic E-state index is 12.4. The van der Waals surface area contributed by atoms with Crippen LogP contribution in [0.4, 0.5) is 5.69 Å². The Hall–Kier alpha value is -1.37. The van der Waals surface area contributed by atoms with Crippen molar-refractivity contribution in [3.8, 4) is 0 Å². The lowest BCUT2D eigenvalue weighted by Crippen LogP contribution is -2.14. The first-order chi connectivity index (χ1) is 9.81. The molecule has 2 rings (SSSR count). The number of rotatable bonds is 4. The molecule has 0 amide bonds. The summed E-state index contributed by atoms with van der Waals surface area (Å²) in [4.78, 5) is 0.138. The van der Waals surface area contributed by atoms with Crippen molar-refractivity contribution in [2.24, 2.45) is 0 Å². The SMILES string of the molecule is Cc1cc(C)cc(NS(=O)(=O)c2ccc(CO)cc2Br)c1. The van der Waals surface area contributed by atoms with Gasteiger partial charge in [0.15, 0.2) is 0 Å². The quantitative estimate of drug-likeness (QED) is 0.867. The average Bonchev–Trinajstić information content (AvgIpc) is 2.36. The van der Waals surface area contributed by atoms with Gasteiger partial charge in [0.2, 0.25) is 0 Å². The topological polar surface area (TPSA) is 66.4 Å². The predicted molar refractivity (Wildman–Crippen MR) is 86.8 cm³/mol. The molecule has 0 saturated carbocycles. The fraction of sp³-hybridized carbons (Fsp3) is 0.200. The minimum Gasteiger partial charge on any atom is -0.392 e. The molecule has 0 aromatic heterocycles. The van der Waals surface area contributed by atoms with Crippen molar-refractivity contribution in [2.45, 2.75) is 25.3 Å². The van der Waals surface area contributed by atoms with Crippen LogP contribution in [0.1, 0.15) is 16.7 Å². The molecule has 2 aromatic rings. The molecule has 0 fully saturated rings. The molecule has 0 atom stereocenters. The molecular formula is C15H16BrNO3S. The highest BCUT2D eigenvalue weighted by atomic mass is 79.9. The first kappa shape index (κ1) is 16.0. The fourth-order valence-corrected chi connectivity index (χ4v) is 4.27. The van der Waals surface area contributed by atoms with Gasteiger partial charge < -0.3 is 5.11 Å². The summed E-state index contributed by atoms with van der Waals surface area (Å²) < 4.78 is 27.9. The third kappa shape index (κ3) is 3.84. The minimum atomic E-state index is -3.68. The van der Waals surface area contributed by atoms with E-state index in [1.54, 1.807) is 24.3 Å². The molecule has 2 N–H and O–H groups in total. The number of halogens is 1. The highest BCUT2D eigenvalue weighted by Crippen LogP contribution is 2.26. The number of aryl methyl sites for hydroxylation is 2. The Morgan fingerprint density at radius 3 is 2.24 bits per heavy atom. The van der Waals surface area contributed by atoms with Gasteiger partial charge in [0.25, 0.3) is 10.0 Å². The summed E-state index contributed by atoms with van der Waals surface area (Å²) in [5.41, 5.74) is 3.16. The highest BCUT2D eigenvalue weighted by Gasteiger charge is 2.18. The Kier molecular flexibility index (Phi) is 4.70. The van der Waals surface area contributed by atoms with Crippen LogP contribution in [-0.2, 0) is 16.6 Å². The Morgan fingerprint density at radius 1 is 1.10 bits per heavy atom. The Bertz CT molecular complexity index is 752. The van der Waals surface area contributed by atoms with Crippen LogP contribution in [0.15, 0.2) is 45.8 Å². The summed E-state index contributed by atoms with van der Waals surface area (Å²) in [5, 5.41) is 9.07. The number of aliphatic hydroxyl groups excluding tert-OH is 1. The number of hydrogen-bond acceptors (Lipinski definition) is 3. The molecule has 0 aliphatic rings. The van der Waals surface area contributed by atoms with Crippen LogP contribution < -0.4 is 4.72 Å². The summed E-state index contributed by atoms with van der Waals surface area (Å²) in [5.74, 6) is 0. The summed E-state index contributed by atoms with van der Waals surface area (Å²) in [6.07, 6.45) is 0. The van der Waals surface area contributed by atoms with Gasteiger partial charge in [-0.2, -0.15) is 0 Å². The van der Waals surface area contributed by atoms with E-state index in [0.717, 1.165) is 11.1 Å². The number of benzene rings is 2. The summed E-state index contributed by atoms with van der Waals surface area (Å²) in [7, 11) is -3.68. The van der Waals surface area contributed by atoms with Gasteiger partial charge in [-0.3, -0.25) is 4.72 Å². The monoisotopic (exact) mass is 369 g/mol. The zero-order valence-electron chi connectivity index (χ0n) is 11.7. The zero-order chi connectivity index (χ0) is 15.6. The van der Waals surface area contributed by atoms with Crippen LogP contribution in [0, 0.1) is 13.8 Å². The van der Waals surface area contributed by atoms with E-state index in [1.165, 1.54) is 6.07 Å². The molecule has 0 heterocycles. The van der Waals surface area contributed by atoms with Gasteiger partial charge in [-0.05, 0) is 70.7 Å². The number of aliphatic hydroxyl groups is 1. The number of sulfonamides is 1. The average molecular weight is 370 g/mol. The lowest BCUT2D eigenvalue weighted by molar-refractivity contribution is 0.281. The minimum absolute atomic E-state index is 0.135. The van der Waals surface area contributed by atoms with Crippen molar-refractivity contribution in [1.29, 1.82) is 0 Å². The Labute approximate surface area is 133 Å². The molecule has 0 aliphatic carbocycles. The van der Waals surface area contributed by atoms with E-state index < -0.39 is 10.0 Å². The highest BCUT2D eigenvalue weighted by molar-refractivity contribution is 9.10. The molecule has 0 spiro atoms. The maximum absolute atomic E-state index is 12.4. The van der Waals surface area contributed by atoms with Crippen LogP contribution in [0.5, 0.6) is 0 Å². The molecule has 4 nitrogen and oxygen atoms in total. The first-order valence-electron chi connectivity index (χ1n) is 6.32. The van der Waals surface area contributed by atoms with Crippen LogP contribution >= 0.6 is 15.9 Å². The smallest absolute Gasteiger partial charge is 0.263 e. The summed E-state index contributed by atoms with van der Waals surface area (Å²) >= 11 is 3.24. The molecule has 112 valence electrons. The molecular weight excluding hydrogens is 354 g/mol. The Morgan fingerprint density at radius 2 is 1.71 bits per heavy atom. The normalized spacial score (nSPS) is 11.4. The molecule has 2 aromatic carbocycles. The second-order valence-electron chi connectivity index (χ2n) is 4.90. The van der Waals surface area contributed by atoms with Gasteiger partial charge >= 0.3 is 0 Å². The standard InChI is InChI=1S/C15H16BrNO3S/c1-10-5-11(2)7-13(6-10)17-21(19,20)15-4-3-12(9-18)8-14(15)16/h3-8,17-18H,9H2,1-2H3. The van der Waals surface area contributed by atoms with Crippen LogP contribution in [0.25, 0.3) is 0 Å². The lowest BCUT2D eigenvalue weighted by atomic mass is 10.1. The Balaban J connectivity index is 2.38. The van der Waals surface area contributed by atoms with Gasteiger partial charge in [-0.15, -0.1) is 0 Å². The van der Waals surface area contributed by atoms with E-state index in [0.29, 0.717) is 15.7 Å². The summed E-state index contributed by atoms with van der Waals surface area (Å²) in [6.45, 7) is 3.69. The van der Waals surface area contributed by atoms with Gasteiger partial charge in [-0.25, -0.2) is 8.42 Å². The van der Waals surface area contributed by atoms with Crippen molar-refractivity contribution >= 4 is 31.6 Å². The van der Waals surface area contributed by atoms with Crippen LogP contribution in [-0.4, -0.2) is 13.5 Å². The molecule has 0 aliphatic heterocycles. The maximum Gasteiger partial charge on any atom is 0.263 e. The second-order valence-corrected chi connectivity index (χ2v) is 7.41. The third-order valence-corrected chi connectivity index (χ3v) is 5.30. The van der Waals surface area contributed by atoms with E-state index >= 15 is 0 Å². The largest absolute Gasteiger partial charge is 0.392 e. The predicted octanol–water partition coefficient (Wildman–Crippen LogP) is 3.36. The fourth-order valence-electron chi connectivity index (χ4n) is 2.10. The summed E-state index contributed by atoms with van der Waals surface area (Å²) in [6, 6.07) is 10.2. The van der Waals surface area contributed by atoms with Crippen molar-refractivity contribution < 1.29 is 13.5 Å². The van der Waals surface area contributed by atoms with Gasteiger partial charge in [-0.1, -0.05) is 12.1 Å². The molecule has 21 heavy (non-hydrogen) atoms. The van der Waals surface area contributed by atoms with E-state index in [2.05, 4.69) is 20.7 Å². The zero-order valence-corrected chi connectivity index (χ0v) is 14.1. The second kappa shape index (κ2) is 6.17. The van der Waals surface area contributed by atoms with Gasteiger partial charge in [0.05, 0.1) is 6.61 Å². The van der Waals surface area contributed by atoms with E-state index in [1.807, 2.05) is 19.9 Å². The van der Waals surface area contributed by atoms with Crippen LogP contribution in [0.3, 0.4) is 0 Å². The van der Waals surface area contributed by atoms with Crippen molar-refractivity contribution in [3.05, 3.63) is 57.6 Å². The molecule has 6 heteroatoms. The lowest BCUT2D eigenvalue weighted by Gasteiger charge is -2.11. The van der Waals surface area contributed by atoms with Gasteiger partial charge in [0.1, 0.15) is 4.90 Å². The number of nitrogens with one attached hydrogen (secondary N) is 1. The number of anilines is 1. The van der Waals surface area contributed by atoms with Crippen molar-refractivity contribution in [3.63, 3.8) is 0 Å². The van der Waals surface area contributed by atoms with Crippen molar-refractivity contribution in [1.82, 2.24) is 0 Å². The van der Waals surface area contributed by atoms with E-state index in [-0.39, 0.29) is 11.5 Å². The molecule has 0 saturated heterocycles. The van der Waals surface area contributed by atoms with Gasteiger partial charge in [0, 0.05) is 10.2 Å². The number of hydrogen-bond donors (Lipinski definition) is 2. The van der Waals surface area contributed by atoms with E-state index in [4.69, 9.17) is 5.11 Å². The third-order valence-electron chi connectivity index (χ3n) is 2.94. The first-order valence-corrected chi connectivity index (χ1v) is 8.60. The van der Waals surface area contributed by atoms with E-state index in [9.17, 15) is 8.42 Å². The molecule has 0 radical (unpaired) electrons.